The van der Waals surface area contributed by atoms with Crippen molar-refractivity contribution in [3.8, 4) is 11.5 Å². The summed E-state index contributed by atoms with van der Waals surface area (Å²) in [6, 6.07) is 12.8. The molecule has 0 unspecified atom stereocenters. The second kappa shape index (κ2) is 10.4. The number of aliphatic carboxylic acids is 1. The Balaban J connectivity index is 1.98. The Kier molecular flexibility index (Phi) is 7.95. The summed E-state index contributed by atoms with van der Waals surface area (Å²) in [4.78, 5) is 22.1. The minimum atomic E-state index is -0.995. The van der Waals surface area contributed by atoms with Crippen molar-refractivity contribution in [3.05, 3.63) is 58.6 Å². The fourth-order valence-electron chi connectivity index (χ4n) is 2.35. The van der Waals surface area contributed by atoms with Gasteiger partial charge in [0, 0.05) is 18.0 Å². The molecule has 0 atom stereocenters. The highest BCUT2D eigenvalue weighted by atomic mass is 35.5. The van der Waals surface area contributed by atoms with Crippen LogP contribution in [0.5, 0.6) is 11.5 Å². The van der Waals surface area contributed by atoms with E-state index in [1.165, 1.54) is 0 Å². The number of nitrogens with one attached hydrogen (secondary N) is 1. The summed E-state index contributed by atoms with van der Waals surface area (Å²) < 4.78 is 11.5. The van der Waals surface area contributed by atoms with Crippen molar-refractivity contribution in [2.45, 2.75) is 32.9 Å². The van der Waals surface area contributed by atoms with Gasteiger partial charge in [-0.3, -0.25) is 9.59 Å². The van der Waals surface area contributed by atoms with Gasteiger partial charge in [0.05, 0.1) is 13.0 Å². The summed E-state index contributed by atoms with van der Waals surface area (Å²) in [6.07, 6.45) is -0.235. The van der Waals surface area contributed by atoms with E-state index < -0.39 is 5.97 Å². The summed E-state index contributed by atoms with van der Waals surface area (Å²) in [5.41, 5.74) is 1.77. The predicted molar refractivity (Wildman–Crippen MR) is 102 cm³/mol. The van der Waals surface area contributed by atoms with Crippen molar-refractivity contribution in [2.75, 3.05) is 6.61 Å². The molecule has 0 aliphatic heterocycles. The molecular weight excluding hydrogens is 370 g/mol. The molecule has 2 rings (SSSR count). The van der Waals surface area contributed by atoms with Crippen LogP contribution in [0, 0.1) is 0 Å². The summed E-state index contributed by atoms with van der Waals surface area (Å²) in [7, 11) is 0. The highest BCUT2D eigenvalue weighted by Gasteiger charge is 2.09. The highest BCUT2D eigenvalue weighted by molar-refractivity contribution is 6.30. The molecule has 7 heteroatoms. The van der Waals surface area contributed by atoms with E-state index in [-0.39, 0.29) is 25.3 Å². The standard InChI is InChI=1S/C20H22ClNO5/c1-2-26-18-11-14(12-22-19(23)8-9-20(24)25)6-7-17(18)27-13-15-4-3-5-16(21)10-15/h3-7,10-11H,2,8-9,12-13H2,1H3,(H,22,23)(H,24,25). The van der Waals surface area contributed by atoms with Gasteiger partial charge < -0.3 is 19.9 Å². The maximum Gasteiger partial charge on any atom is 0.303 e. The molecular formula is C20H22ClNO5. The Bertz CT molecular complexity index is 794. The van der Waals surface area contributed by atoms with Crippen LogP contribution in [-0.2, 0) is 22.7 Å². The van der Waals surface area contributed by atoms with Gasteiger partial charge in [-0.1, -0.05) is 29.8 Å². The molecule has 144 valence electrons. The van der Waals surface area contributed by atoms with Gasteiger partial charge >= 0.3 is 5.97 Å². The third-order valence-electron chi connectivity index (χ3n) is 3.65. The smallest absolute Gasteiger partial charge is 0.303 e. The van der Waals surface area contributed by atoms with Crippen molar-refractivity contribution >= 4 is 23.5 Å². The number of ether oxygens (including phenoxy) is 2. The first-order valence-corrected chi connectivity index (χ1v) is 8.97. The number of hydrogen-bond acceptors (Lipinski definition) is 4. The molecule has 6 nitrogen and oxygen atoms in total. The van der Waals surface area contributed by atoms with E-state index in [1.807, 2.05) is 31.2 Å². The largest absolute Gasteiger partial charge is 0.490 e. The molecule has 0 bridgehead atoms. The summed E-state index contributed by atoms with van der Waals surface area (Å²) in [5, 5.41) is 11.9. The minimum absolute atomic E-state index is 0.0471. The second-order valence-electron chi connectivity index (χ2n) is 5.80. The van der Waals surface area contributed by atoms with Crippen LogP contribution >= 0.6 is 11.6 Å². The average molecular weight is 392 g/mol. The molecule has 0 fully saturated rings. The lowest BCUT2D eigenvalue weighted by Crippen LogP contribution is -2.23. The molecule has 27 heavy (non-hydrogen) atoms. The van der Waals surface area contributed by atoms with Crippen LogP contribution in [0.3, 0.4) is 0 Å². The van der Waals surface area contributed by atoms with Crippen LogP contribution in [0.2, 0.25) is 5.02 Å². The Hall–Kier alpha value is -2.73. The number of carboxylic acid groups (broad SMARTS) is 1. The van der Waals surface area contributed by atoms with E-state index in [0.717, 1.165) is 11.1 Å². The predicted octanol–water partition coefficient (Wildman–Crippen LogP) is 3.80. The van der Waals surface area contributed by atoms with Crippen LogP contribution in [0.25, 0.3) is 0 Å². The number of carbonyl (C=O) groups is 2. The van der Waals surface area contributed by atoms with E-state index in [1.54, 1.807) is 18.2 Å². The minimum Gasteiger partial charge on any atom is -0.490 e. The van der Waals surface area contributed by atoms with Crippen molar-refractivity contribution in [1.29, 1.82) is 0 Å². The summed E-state index contributed by atoms with van der Waals surface area (Å²) in [5.74, 6) is -0.128. The van der Waals surface area contributed by atoms with Crippen molar-refractivity contribution in [2.24, 2.45) is 0 Å². The molecule has 0 aliphatic carbocycles. The number of carbonyl (C=O) groups excluding carboxylic acids is 1. The van der Waals surface area contributed by atoms with Gasteiger partial charge in [0.15, 0.2) is 11.5 Å². The number of benzene rings is 2. The van der Waals surface area contributed by atoms with E-state index >= 15 is 0 Å². The molecule has 0 saturated heterocycles. The zero-order valence-electron chi connectivity index (χ0n) is 15.0. The Morgan fingerprint density at radius 2 is 1.85 bits per heavy atom. The topological polar surface area (TPSA) is 84.9 Å². The molecule has 2 aromatic rings. The third kappa shape index (κ3) is 7.19. The van der Waals surface area contributed by atoms with Gasteiger partial charge in [0.1, 0.15) is 6.61 Å². The fourth-order valence-corrected chi connectivity index (χ4v) is 2.56. The lowest BCUT2D eigenvalue weighted by Gasteiger charge is -2.14. The summed E-state index contributed by atoms with van der Waals surface area (Å²) >= 11 is 5.98. The van der Waals surface area contributed by atoms with Crippen LogP contribution in [0.1, 0.15) is 30.9 Å². The second-order valence-corrected chi connectivity index (χ2v) is 6.24. The number of amides is 1. The van der Waals surface area contributed by atoms with Crippen molar-refractivity contribution < 1.29 is 24.2 Å². The van der Waals surface area contributed by atoms with Crippen molar-refractivity contribution in [1.82, 2.24) is 5.32 Å². The maximum atomic E-state index is 11.6. The molecule has 0 heterocycles. The molecule has 0 aromatic heterocycles. The molecule has 1 amide bonds. The lowest BCUT2D eigenvalue weighted by atomic mass is 10.2. The molecule has 0 aliphatic rings. The molecule has 0 radical (unpaired) electrons. The first-order valence-electron chi connectivity index (χ1n) is 8.59. The van der Waals surface area contributed by atoms with E-state index in [2.05, 4.69) is 5.32 Å². The Morgan fingerprint density at radius 3 is 2.56 bits per heavy atom. The fraction of sp³-hybridized carbons (Fsp3) is 0.300. The number of carboxylic acids is 1. The van der Waals surface area contributed by atoms with Crippen LogP contribution < -0.4 is 14.8 Å². The summed E-state index contributed by atoms with van der Waals surface area (Å²) in [6.45, 7) is 2.99. The number of halogens is 1. The molecule has 0 saturated carbocycles. The van der Waals surface area contributed by atoms with Gasteiger partial charge in [-0.05, 0) is 42.3 Å². The maximum absolute atomic E-state index is 11.6. The van der Waals surface area contributed by atoms with E-state index in [9.17, 15) is 9.59 Å². The van der Waals surface area contributed by atoms with Gasteiger partial charge in [0.25, 0.3) is 0 Å². The quantitative estimate of drug-likeness (QED) is 0.643. The SMILES string of the molecule is CCOc1cc(CNC(=O)CCC(=O)O)ccc1OCc1cccc(Cl)c1. The van der Waals surface area contributed by atoms with E-state index in [0.29, 0.717) is 29.7 Å². The third-order valence-corrected chi connectivity index (χ3v) is 3.88. The normalized spacial score (nSPS) is 10.3. The Labute approximate surface area is 163 Å². The van der Waals surface area contributed by atoms with Crippen LogP contribution in [-0.4, -0.2) is 23.6 Å². The zero-order chi connectivity index (χ0) is 19.6. The first-order chi connectivity index (χ1) is 13.0. The zero-order valence-corrected chi connectivity index (χ0v) is 15.8. The lowest BCUT2D eigenvalue weighted by molar-refractivity contribution is -0.138. The van der Waals surface area contributed by atoms with Crippen LogP contribution in [0.15, 0.2) is 42.5 Å². The first kappa shape index (κ1) is 20.6. The molecule has 2 aromatic carbocycles. The van der Waals surface area contributed by atoms with Gasteiger partial charge in [-0.2, -0.15) is 0 Å². The molecule has 2 N–H and O–H groups in total. The number of rotatable bonds is 10. The van der Waals surface area contributed by atoms with Gasteiger partial charge in [0.2, 0.25) is 5.91 Å². The van der Waals surface area contributed by atoms with Gasteiger partial charge in [-0.25, -0.2) is 0 Å². The molecule has 0 spiro atoms. The monoisotopic (exact) mass is 391 g/mol. The number of hydrogen-bond donors (Lipinski definition) is 2. The Morgan fingerprint density at radius 1 is 1.04 bits per heavy atom. The van der Waals surface area contributed by atoms with Gasteiger partial charge in [-0.15, -0.1) is 0 Å². The average Bonchev–Trinajstić information content (AvgIpc) is 2.64. The van der Waals surface area contributed by atoms with E-state index in [4.69, 9.17) is 26.2 Å². The highest BCUT2D eigenvalue weighted by Crippen LogP contribution is 2.29. The van der Waals surface area contributed by atoms with Crippen LogP contribution in [0.4, 0.5) is 0 Å². The van der Waals surface area contributed by atoms with Crippen molar-refractivity contribution in [3.63, 3.8) is 0 Å².